The molecular formula is C14H18ClN3O5S. The maximum Gasteiger partial charge on any atom is 0.426 e. The minimum Gasteiger partial charge on any atom is -0.449 e. The summed E-state index contributed by atoms with van der Waals surface area (Å²) >= 11 is 5.96. The molecule has 0 spiro atoms. The molecule has 2 rings (SSSR count). The van der Waals surface area contributed by atoms with E-state index < -0.39 is 22.0 Å². The monoisotopic (exact) mass is 375 g/mol. The molecule has 1 aliphatic rings. The largest absolute Gasteiger partial charge is 0.449 e. The van der Waals surface area contributed by atoms with Gasteiger partial charge in [0.2, 0.25) is 10.0 Å². The Hall–Kier alpha value is -1.84. The van der Waals surface area contributed by atoms with Crippen molar-refractivity contribution in [1.29, 1.82) is 0 Å². The Bertz CT molecular complexity index is 732. The van der Waals surface area contributed by atoms with Gasteiger partial charge in [-0.3, -0.25) is 10.2 Å². The van der Waals surface area contributed by atoms with Gasteiger partial charge in [0.05, 0.1) is 22.1 Å². The molecule has 0 saturated carbocycles. The molecule has 0 unspecified atom stereocenters. The van der Waals surface area contributed by atoms with Crippen LogP contribution in [0.4, 0.5) is 4.79 Å². The number of halogens is 1. The number of rotatable bonds is 4. The second kappa shape index (κ2) is 7.82. The molecule has 0 bridgehead atoms. The van der Waals surface area contributed by atoms with Crippen molar-refractivity contribution in [3.8, 4) is 0 Å². The lowest BCUT2D eigenvalue weighted by Gasteiger charge is -2.16. The number of amides is 2. The van der Waals surface area contributed by atoms with Crippen molar-refractivity contribution in [3.05, 3.63) is 28.8 Å². The van der Waals surface area contributed by atoms with Crippen LogP contribution >= 0.6 is 11.6 Å². The zero-order valence-electron chi connectivity index (χ0n) is 13.0. The van der Waals surface area contributed by atoms with Gasteiger partial charge in [-0.2, -0.15) is 4.31 Å². The molecule has 24 heavy (non-hydrogen) atoms. The lowest BCUT2D eigenvalue weighted by atomic mass is 10.2. The first-order chi connectivity index (χ1) is 11.4. The summed E-state index contributed by atoms with van der Waals surface area (Å²) in [6.07, 6.45) is 0.788. The van der Waals surface area contributed by atoms with Gasteiger partial charge >= 0.3 is 6.09 Å². The quantitative estimate of drug-likeness (QED) is 0.776. The first kappa shape index (κ1) is 18.5. The normalized spacial score (nSPS) is 15.1. The van der Waals surface area contributed by atoms with E-state index in [4.69, 9.17) is 11.6 Å². The molecule has 10 heteroatoms. The molecule has 8 nitrogen and oxygen atoms in total. The summed E-state index contributed by atoms with van der Waals surface area (Å²) in [5.74, 6) is -0.744. The molecule has 1 aliphatic heterocycles. The van der Waals surface area contributed by atoms with Crippen LogP contribution in [0, 0.1) is 0 Å². The van der Waals surface area contributed by atoms with E-state index in [0.29, 0.717) is 13.1 Å². The van der Waals surface area contributed by atoms with Gasteiger partial charge in [-0.1, -0.05) is 11.6 Å². The maximum absolute atomic E-state index is 12.5. The average Bonchev–Trinajstić information content (AvgIpc) is 3.08. The zero-order valence-corrected chi connectivity index (χ0v) is 14.6. The highest BCUT2D eigenvalue weighted by Gasteiger charge is 2.28. The van der Waals surface area contributed by atoms with Gasteiger partial charge in [-0.25, -0.2) is 18.6 Å². The lowest BCUT2D eigenvalue weighted by Crippen LogP contribution is -2.42. The van der Waals surface area contributed by atoms with Crippen LogP contribution in [0.3, 0.4) is 0 Å². The van der Waals surface area contributed by atoms with Crippen LogP contribution in [-0.2, 0) is 14.8 Å². The van der Waals surface area contributed by atoms with Crippen LogP contribution in [0.25, 0.3) is 0 Å². The maximum atomic E-state index is 12.5. The summed E-state index contributed by atoms with van der Waals surface area (Å²) < 4.78 is 31.0. The van der Waals surface area contributed by atoms with Crippen molar-refractivity contribution in [3.63, 3.8) is 0 Å². The van der Waals surface area contributed by atoms with Gasteiger partial charge in [0.15, 0.2) is 0 Å². The SMILES string of the molecule is CCOC(=O)NNC(=O)c1cc(S(=O)(=O)N2CCCC2)ccc1Cl. The van der Waals surface area contributed by atoms with Crippen LogP contribution in [0.1, 0.15) is 30.1 Å². The van der Waals surface area contributed by atoms with Gasteiger partial charge in [0.1, 0.15) is 0 Å². The summed E-state index contributed by atoms with van der Waals surface area (Å²) in [6.45, 7) is 2.67. The standard InChI is InChI=1S/C14H18ClN3O5S/c1-2-23-14(20)17-16-13(19)11-9-10(5-6-12(11)15)24(21,22)18-7-3-4-8-18/h5-6,9H,2-4,7-8H2,1H3,(H,16,19)(H,17,20). The summed E-state index contributed by atoms with van der Waals surface area (Å²) in [6, 6.07) is 3.88. The number of ether oxygens (including phenoxy) is 1. The Morgan fingerprint density at radius 2 is 1.92 bits per heavy atom. The first-order valence-corrected chi connectivity index (χ1v) is 9.21. The van der Waals surface area contributed by atoms with Gasteiger partial charge in [0.25, 0.3) is 5.91 Å². The van der Waals surface area contributed by atoms with Crippen LogP contribution in [-0.4, -0.2) is 44.4 Å². The molecule has 1 aromatic rings. The number of sulfonamides is 1. The van der Waals surface area contributed by atoms with Gasteiger partial charge in [0, 0.05) is 13.1 Å². The summed E-state index contributed by atoms with van der Waals surface area (Å²) in [7, 11) is -3.67. The molecule has 132 valence electrons. The molecule has 1 fully saturated rings. The highest BCUT2D eigenvalue weighted by atomic mass is 35.5. The molecule has 2 amide bonds. The van der Waals surface area contributed by atoms with Crippen molar-refractivity contribution < 1.29 is 22.7 Å². The van der Waals surface area contributed by atoms with Gasteiger partial charge < -0.3 is 4.74 Å². The minimum atomic E-state index is -3.67. The number of benzene rings is 1. The van der Waals surface area contributed by atoms with E-state index in [1.165, 1.54) is 22.5 Å². The van der Waals surface area contributed by atoms with E-state index in [9.17, 15) is 18.0 Å². The molecule has 1 saturated heterocycles. The Balaban J connectivity index is 2.19. The van der Waals surface area contributed by atoms with Crippen LogP contribution in [0.15, 0.2) is 23.1 Å². The van der Waals surface area contributed by atoms with Crippen LogP contribution in [0.5, 0.6) is 0 Å². The number of hydrogen-bond donors (Lipinski definition) is 2. The lowest BCUT2D eigenvalue weighted by molar-refractivity contribution is 0.0912. The van der Waals surface area contributed by atoms with Crippen molar-refractivity contribution in [1.82, 2.24) is 15.2 Å². The van der Waals surface area contributed by atoms with Gasteiger partial charge in [-0.15, -0.1) is 0 Å². The molecule has 1 aromatic carbocycles. The van der Waals surface area contributed by atoms with Crippen LogP contribution < -0.4 is 10.9 Å². The van der Waals surface area contributed by atoms with Crippen molar-refractivity contribution in [2.75, 3.05) is 19.7 Å². The third-order valence-corrected chi connectivity index (χ3v) is 5.66. The predicted octanol–water partition coefficient (Wildman–Crippen LogP) is 1.52. The Morgan fingerprint density at radius 1 is 1.25 bits per heavy atom. The van der Waals surface area contributed by atoms with E-state index in [0.717, 1.165) is 12.8 Å². The zero-order chi connectivity index (χ0) is 17.7. The second-order valence-corrected chi connectivity index (χ2v) is 7.40. The number of carbonyl (C=O) groups excluding carboxylic acids is 2. The molecule has 0 aliphatic carbocycles. The Kier molecular flexibility index (Phi) is 6.03. The average molecular weight is 376 g/mol. The van der Waals surface area contributed by atoms with Gasteiger partial charge in [-0.05, 0) is 38.0 Å². The third-order valence-electron chi connectivity index (χ3n) is 3.44. The fourth-order valence-corrected chi connectivity index (χ4v) is 4.01. The summed E-state index contributed by atoms with van der Waals surface area (Å²) in [4.78, 5) is 23.3. The van der Waals surface area contributed by atoms with Crippen molar-refractivity contribution in [2.45, 2.75) is 24.7 Å². The minimum absolute atomic E-state index is 0.0184. The highest BCUT2D eigenvalue weighted by Crippen LogP contribution is 2.25. The van der Waals surface area contributed by atoms with E-state index in [1.807, 2.05) is 5.43 Å². The number of hydrogen-bond acceptors (Lipinski definition) is 5. The molecular weight excluding hydrogens is 358 g/mol. The van der Waals surface area contributed by atoms with Crippen molar-refractivity contribution in [2.24, 2.45) is 0 Å². The Morgan fingerprint density at radius 3 is 2.54 bits per heavy atom. The molecule has 2 N–H and O–H groups in total. The third kappa shape index (κ3) is 4.16. The number of hydrazine groups is 1. The van der Waals surface area contributed by atoms with E-state index in [2.05, 4.69) is 10.2 Å². The van der Waals surface area contributed by atoms with Crippen molar-refractivity contribution >= 4 is 33.6 Å². The summed E-state index contributed by atoms with van der Waals surface area (Å²) in [5, 5.41) is 0.0681. The topological polar surface area (TPSA) is 105 Å². The van der Waals surface area contributed by atoms with E-state index >= 15 is 0 Å². The first-order valence-electron chi connectivity index (χ1n) is 7.39. The second-order valence-electron chi connectivity index (χ2n) is 5.05. The molecule has 0 radical (unpaired) electrons. The highest BCUT2D eigenvalue weighted by molar-refractivity contribution is 7.89. The Labute approximate surface area is 145 Å². The predicted molar refractivity (Wildman–Crippen MR) is 87.1 cm³/mol. The number of nitrogens with zero attached hydrogens (tertiary/aromatic N) is 1. The van der Waals surface area contributed by atoms with E-state index in [1.54, 1.807) is 6.92 Å². The van der Waals surface area contributed by atoms with E-state index in [-0.39, 0.29) is 22.1 Å². The molecule has 1 heterocycles. The summed E-state index contributed by atoms with van der Waals surface area (Å²) in [5.41, 5.74) is 4.10. The number of carbonyl (C=O) groups is 2. The fourth-order valence-electron chi connectivity index (χ4n) is 2.26. The van der Waals surface area contributed by atoms with Crippen LogP contribution in [0.2, 0.25) is 5.02 Å². The smallest absolute Gasteiger partial charge is 0.426 e. The fraction of sp³-hybridized carbons (Fsp3) is 0.429. The number of nitrogens with one attached hydrogen (secondary N) is 2. The molecule has 0 aromatic heterocycles. The molecule has 0 atom stereocenters.